The summed E-state index contributed by atoms with van der Waals surface area (Å²) in [6.45, 7) is 4.44. The van der Waals surface area contributed by atoms with Crippen LogP contribution in [0.4, 0.5) is 0 Å². The number of sulfonamides is 1. The van der Waals surface area contributed by atoms with E-state index in [2.05, 4.69) is 10.2 Å². The first kappa shape index (κ1) is 17.4. The molecule has 0 radical (unpaired) electrons. The first-order valence-corrected chi connectivity index (χ1v) is 6.99. The van der Waals surface area contributed by atoms with Gasteiger partial charge in [-0.2, -0.15) is 4.31 Å². The highest BCUT2D eigenvalue weighted by Crippen LogP contribution is 2.16. The molecule has 1 atom stereocenters. The second kappa shape index (κ2) is 7.11. The second-order valence-electron chi connectivity index (χ2n) is 4.36. The van der Waals surface area contributed by atoms with Crippen molar-refractivity contribution in [3.63, 3.8) is 0 Å². The lowest BCUT2D eigenvalue weighted by atomic mass is 10.4. The van der Waals surface area contributed by atoms with E-state index >= 15 is 0 Å². The maximum Gasteiger partial charge on any atom is 0.218 e. The Labute approximate surface area is 116 Å². The molecule has 0 spiro atoms. The summed E-state index contributed by atoms with van der Waals surface area (Å²) in [5, 5.41) is 2.92. The van der Waals surface area contributed by atoms with Crippen LogP contribution in [0, 0.1) is 0 Å². The van der Waals surface area contributed by atoms with Crippen molar-refractivity contribution >= 4 is 34.8 Å². The van der Waals surface area contributed by atoms with Crippen LogP contribution in [0.1, 0.15) is 6.42 Å². The average molecular weight is 306 g/mol. The molecular weight excluding hydrogens is 285 g/mol. The quantitative estimate of drug-likeness (QED) is 0.766. The van der Waals surface area contributed by atoms with E-state index in [0.29, 0.717) is 19.6 Å². The smallest absolute Gasteiger partial charge is 0.218 e. The van der Waals surface area contributed by atoms with Gasteiger partial charge in [0, 0.05) is 32.7 Å². The molecule has 2 fully saturated rings. The van der Waals surface area contributed by atoms with Gasteiger partial charge >= 0.3 is 0 Å². The molecule has 17 heavy (non-hydrogen) atoms. The molecular formula is C9H21Cl2N3O2S. The lowest BCUT2D eigenvalue weighted by Crippen LogP contribution is -2.50. The van der Waals surface area contributed by atoms with Crippen molar-refractivity contribution in [2.24, 2.45) is 0 Å². The molecule has 5 nitrogen and oxygen atoms in total. The lowest BCUT2D eigenvalue weighted by molar-refractivity contribution is 0.221. The second-order valence-corrected chi connectivity index (χ2v) is 6.58. The topological polar surface area (TPSA) is 52.7 Å². The molecule has 8 heteroatoms. The zero-order valence-electron chi connectivity index (χ0n) is 9.96. The number of halogens is 2. The van der Waals surface area contributed by atoms with Gasteiger partial charge in [0.25, 0.3) is 0 Å². The number of nitrogens with zero attached hydrogens (tertiary/aromatic N) is 2. The Morgan fingerprint density at radius 1 is 1.12 bits per heavy atom. The molecule has 2 heterocycles. The summed E-state index contributed by atoms with van der Waals surface area (Å²) in [6.07, 6.45) is 0.759. The highest BCUT2D eigenvalue weighted by atomic mass is 35.5. The van der Waals surface area contributed by atoms with Crippen LogP contribution in [-0.4, -0.2) is 69.2 Å². The van der Waals surface area contributed by atoms with Crippen molar-refractivity contribution in [3.8, 4) is 0 Å². The maximum atomic E-state index is 12.2. The van der Waals surface area contributed by atoms with Crippen LogP contribution in [-0.2, 0) is 10.0 Å². The number of likely N-dealkylation sites (N-methyl/N-ethyl adjacent to an activating group) is 1. The molecule has 0 aromatic carbocycles. The van der Waals surface area contributed by atoms with Crippen LogP contribution < -0.4 is 5.32 Å². The standard InChI is InChI=1S/C9H19N3O2S.2ClH/c1-11-4-6-12(7-5-11)15(13,14)9-2-3-10-8-9;;/h9-10H,2-8H2,1H3;2*1H. The van der Waals surface area contributed by atoms with E-state index in [1.54, 1.807) is 4.31 Å². The van der Waals surface area contributed by atoms with Crippen LogP contribution >= 0.6 is 24.8 Å². The van der Waals surface area contributed by atoms with E-state index in [1.807, 2.05) is 7.05 Å². The van der Waals surface area contributed by atoms with Crippen molar-refractivity contribution in [2.75, 3.05) is 46.3 Å². The van der Waals surface area contributed by atoms with Crippen LogP contribution in [0.5, 0.6) is 0 Å². The zero-order chi connectivity index (χ0) is 10.9. The third-order valence-corrected chi connectivity index (χ3v) is 5.59. The zero-order valence-corrected chi connectivity index (χ0v) is 12.4. The fourth-order valence-electron chi connectivity index (χ4n) is 2.14. The highest BCUT2D eigenvalue weighted by Gasteiger charge is 2.35. The first-order valence-electron chi connectivity index (χ1n) is 5.49. The number of piperazine rings is 1. The Hall–Kier alpha value is 0.410. The average Bonchev–Trinajstić information content (AvgIpc) is 2.71. The van der Waals surface area contributed by atoms with Gasteiger partial charge in [0.1, 0.15) is 0 Å². The molecule has 2 saturated heterocycles. The van der Waals surface area contributed by atoms with Crippen LogP contribution in [0.25, 0.3) is 0 Å². The predicted molar refractivity (Wildman–Crippen MR) is 73.8 cm³/mol. The van der Waals surface area contributed by atoms with Crippen molar-refractivity contribution in [1.82, 2.24) is 14.5 Å². The molecule has 0 aromatic heterocycles. The van der Waals surface area contributed by atoms with E-state index in [1.165, 1.54) is 0 Å². The van der Waals surface area contributed by atoms with Crippen molar-refractivity contribution in [3.05, 3.63) is 0 Å². The summed E-state index contributed by atoms with van der Waals surface area (Å²) in [5.74, 6) is 0. The van der Waals surface area contributed by atoms with E-state index in [0.717, 1.165) is 26.1 Å². The normalized spacial score (nSPS) is 27.2. The van der Waals surface area contributed by atoms with Crippen molar-refractivity contribution in [2.45, 2.75) is 11.7 Å². The van der Waals surface area contributed by atoms with Gasteiger partial charge < -0.3 is 10.2 Å². The third kappa shape index (κ3) is 3.94. The summed E-state index contributed by atoms with van der Waals surface area (Å²) in [4.78, 5) is 2.17. The number of hydrogen-bond acceptors (Lipinski definition) is 4. The van der Waals surface area contributed by atoms with Crippen molar-refractivity contribution < 1.29 is 8.42 Å². The summed E-state index contributed by atoms with van der Waals surface area (Å²) in [5.41, 5.74) is 0. The fraction of sp³-hybridized carbons (Fsp3) is 1.00. The van der Waals surface area contributed by atoms with Crippen LogP contribution in [0.15, 0.2) is 0 Å². The summed E-state index contributed by atoms with van der Waals surface area (Å²) in [7, 11) is -1.01. The van der Waals surface area contributed by atoms with Gasteiger partial charge in [0.2, 0.25) is 10.0 Å². The van der Waals surface area contributed by atoms with Gasteiger partial charge in [-0.1, -0.05) is 0 Å². The molecule has 104 valence electrons. The van der Waals surface area contributed by atoms with E-state index in [4.69, 9.17) is 0 Å². The summed E-state index contributed by atoms with van der Waals surface area (Å²) >= 11 is 0. The summed E-state index contributed by atoms with van der Waals surface area (Å²) in [6, 6.07) is 0. The SMILES string of the molecule is CN1CCN(S(=O)(=O)C2CCNC2)CC1.Cl.Cl. The van der Waals surface area contributed by atoms with Gasteiger partial charge in [-0.25, -0.2) is 8.42 Å². The Kier molecular flexibility index (Phi) is 7.28. The molecule has 0 aromatic rings. The third-order valence-electron chi connectivity index (χ3n) is 3.26. The van der Waals surface area contributed by atoms with Gasteiger partial charge in [-0.15, -0.1) is 24.8 Å². The van der Waals surface area contributed by atoms with Gasteiger partial charge in [0.15, 0.2) is 0 Å². The van der Waals surface area contributed by atoms with Gasteiger partial charge in [-0.05, 0) is 20.0 Å². The maximum absolute atomic E-state index is 12.2. The minimum atomic E-state index is -3.04. The molecule has 2 aliphatic rings. The van der Waals surface area contributed by atoms with Crippen LogP contribution in [0.2, 0.25) is 0 Å². The number of hydrogen-bond donors (Lipinski definition) is 1. The van der Waals surface area contributed by atoms with Crippen molar-refractivity contribution in [1.29, 1.82) is 0 Å². The monoisotopic (exact) mass is 305 g/mol. The Morgan fingerprint density at radius 2 is 1.71 bits per heavy atom. The predicted octanol–water partition coefficient (Wildman–Crippen LogP) is -0.231. The fourth-order valence-corrected chi connectivity index (χ4v) is 3.97. The van der Waals surface area contributed by atoms with Gasteiger partial charge in [0.05, 0.1) is 5.25 Å². The lowest BCUT2D eigenvalue weighted by Gasteiger charge is -2.33. The van der Waals surface area contributed by atoms with E-state index in [9.17, 15) is 8.42 Å². The molecule has 0 bridgehead atoms. The molecule has 0 saturated carbocycles. The Balaban J connectivity index is 0.00000128. The van der Waals surface area contributed by atoms with E-state index < -0.39 is 10.0 Å². The molecule has 0 aliphatic carbocycles. The first-order chi connectivity index (χ1) is 7.10. The Bertz CT molecular complexity index is 312. The largest absolute Gasteiger partial charge is 0.315 e. The number of nitrogens with one attached hydrogen (secondary N) is 1. The molecule has 1 unspecified atom stereocenters. The van der Waals surface area contributed by atoms with Crippen LogP contribution in [0.3, 0.4) is 0 Å². The number of rotatable bonds is 2. The molecule has 1 N–H and O–H groups in total. The molecule has 2 aliphatic heterocycles. The van der Waals surface area contributed by atoms with Gasteiger partial charge in [-0.3, -0.25) is 0 Å². The minimum Gasteiger partial charge on any atom is -0.315 e. The minimum absolute atomic E-state index is 0. The Morgan fingerprint density at radius 3 is 2.18 bits per heavy atom. The molecule has 0 amide bonds. The summed E-state index contributed by atoms with van der Waals surface area (Å²) < 4.78 is 26.0. The molecule has 2 rings (SSSR count). The highest BCUT2D eigenvalue weighted by molar-refractivity contribution is 7.89. The van der Waals surface area contributed by atoms with E-state index in [-0.39, 0.29) is 30.1 Å².